The number of carbonyl (C=O) groups is 1. The van der Waals surface area contributed by atoms with Crippen LogP contribution >= 0.6 is 0 Å². The molecule has 31 heavy (non-hydrogen) atoms. The molecule has 0 spiro atoms. The first-order valence-electron chi connectivity index (χ1n) is 11.1. The fraction of sp³-hybridized carbons (Fsp3) is 0.500. The van der Waals surface area contributed by atoms with Gasteiger partial charge in [-0.25, -0.2) is 0 Å². The number of likely N-dealkylation sites (N-methyl/N-ethyl adjacent to an activating group) is 1. The molecule has 0 aromatic heterocycles. The molecule has 0 aliphatic rings. The largest absolute Gasteiger partial charge is 0.460 e. The third kappa shape index (κ3) is 14.4. The molecule has 0 atom stereocenters. The first kappa shape index (κ1) is 26.8. The van der Waals surface area contributed by atoms with Crippen LogP contribution in [0.2, 0.25) is 0 Å². The molecule has 0 fully saturated rings. The molecule has 0 heterocycles. The van der Waals surface area contributed by atoms with E-state index in [1.54, 1.807) is 0 Å². The van der Waals surface area contributed by atoms with Crippen LogP contribution < -0.4 is 5.73 Å². The average Bonchev–Trinajstić information content (AvgIpc) is 2.69. The number of nitrogens with two attached hydrogens (primary N) is 1. The van der Waals surface area contributed by atoms with Crippen LogP contribution in [0.4, 0.5) is 0 Å². The van der Waals surface area contributed by atoms with Crippen molar-refractivity contribution in [3.63, 3.8) is 0 Å². The van der Waals surface area contributed by atoms with Gasteiger partial charge in [0.05, 0.1) is 0 Å². The standard InChI is InChI=1S/C16H25NO2.C10H16N2/c1-16(2,3)19-15(18)11-8-12-17(4)13-14-9-6-5-7-10-14;1-12(8-7-11)9-10-5-3-2-4-6-10/h5-7,9-10H,8,11-13H2,1-4H3;2-6H,7-9,11H2,1H3. The summed E-state index contributed by atoms with van der Waals surface area (Å²) >= 11 is 0. The third-order valence-electron chi connectivity index (χ3n) is 4.44. The van der Waals surface area contributed by atoms with Crippen LogP contribution in [0.1, 0.15) is 44.7 Å². The predicted molar refractivity (Wildman–Crippen MR) is 130 cm³/mol. The summed E-state index contributed by atoms with van der Waals surface area (Å²) in [6.45, 7) is 10.2. The smallest absolute Gasteiger partial charge is 0.306 e. The highest BCUT2D eigenvalue weighted by Gasteiger charge is 2.15. The van der Waals surface area contributed by atoms with Gasteiger partial charge in [-0.2, -0.15) is 0 Å². The van der Waals surface area contributed by atoms with Gasteiger partial charge in [0.2, 0.25) is 0 Å². The molecule has 0 saturated heterocycles. The van der Waals surface area contributed by atoms with E-state index < -0.39 is 0 Å². The van der Waals surface area contributed by atoms with E-state index in [0.29, 0.717) is 6.42 Å². The number of hydrogen-bond acceptors (Lipinski definition) is 5. The van der Waals surface area contributed by atoms with Crippen LogP contribution in [0.5, 0.6) is 0 Å². The first-order chi connectivity index (χ1) is 14.7. The molecule has 0 bridgehead atoms. The summed E-state index contributed by atoms with van der Waals surface area (Å²) < 4.78 is 5.28. The molecule has 2 aromatic carbocycles. The van der Waals surface area contributed by atoms with Crippen LogP contribution in [0, 0.1) is 0 Å². The number of benzene rings is 2. The molecule has 0 aliphatic carbocycles. The number of rotatable bonds is 10. The van der Waals surface area contributed by atoms with Crippen molar-refractivity contribution < 1.29 is 9.53 Å². The van der Waals surface area contributed by atoms with E-state index in [0.717, 1.165) is 39.1 Å². The Balaban J connectivity index is 0.000000343. The zero-order chi connectivity index (χ0) is 23.1. The number of hydrogen-bond donors (Lipinski definition) is 1. The minimum atomic E-state index is -0.382. The van der Waals surface area contributed by atoms with Crippen molar-refractivity contribution in [2.75, 3.05) is 33.7 Å². The Hall–Kier alpha value is -2.21. The second-order valence-electron chi connectivity index (χ2n) is 8.93. The lowest BCUT2D eigenvalue weighted by Gasteiger charge is -2.20. The van der Waals surface area contributed by atoms with Gasteiger partial charge in [0.1, 0.15) is 5.60 Å². The van der Waals surface area contributed by atoms with E-state index in [1.807, 2.05) is 45.0 Å². The van der Waals surface area contributed by atoms with Crippen molar-refractivity contribution in [3.8, 4) is 0 Å². The summed E-state index contributed by atoms with van der Waals surface area (Å²) in [7, 11) is 4.15. The van der Waals surface area contributed by atoms with Crippen molar-refractivity contribution in [2.45, 2.75) is 52.3 Å². The third-order valence-corrected chi connectivity index (χ3v) is 4.44. The van der Waals surface area contributed by atoms with E-state index in [-0.39, 0.29) is 11.6 Å². The maximum Gasteiger partial charge on any atom is 0.306 e. The molecule has 2 rings (SSSR count). The maximum atomic E-state index is 11.6. The SMILES string of the molecule is CN(CCCC(=O)OC(C)(C)C)Cc1ccccc1.CN(CCN)Cc1ccccc1. The van der Waals surface area contributed by atoms with E-state index in [4.69, 9.17) is 10.5 Å². The molecular formula is C26H41N3O2. The van der Waals surface area contributed by atoms with Crippen molar-refractivity contribution >= 4 is 5.97 Å². The van der Waals surface area contributed by atoms with E-state index >= 15 is 0 Å². The van der Waals surface area contributed by atoms with Crippen molar-refractivity contribution in [3.05, 3.63) is 71.8 Å². The molecule has 172 valence electrons. The average molecular weight is 428 g/mol. The lowest BCUT2D eigenvalue weighted by atomic mass is 10.2. The maximum absolute atomic E-state index is 11.6. The zero-order valence-electron chi connectivity index (χ0n) is 20.0. The highest BCUT2D eigenvalue weighted by atomic mass is 16.6. The minimum Gasteiger partial charge on any atom is -0.460 e. The van der Waals surface area contributed by atoms with E-state index in [1.165, 1.54) is 11.1 Å². The molecule has 0 unspecified atom stereocenters. The van der Waals surface area contributed by atoms with Crippen LogP contribution in [0.15, 0.2) is 60.7 Å². The van der Waals surface area contributed by atoms with Gasteiger partial charge in [0.15, 0.2) is 0 Å². The summed E-state index contributed by atoms with van der Waals surface area (Å²) in [5.74, 6) is -0.111. The second kappa shape index (κ2) is 14.7. The summed E-state index contributed by atoms with van der Waals surface area (Å²) in [6, 6.07) is 20.8. The molecule has 2 aromatic rings. The summed E-state index contributed by atoms with van der Waals surface area (Å²) in [6.07, 6.45) is 1.31. The Bertz CT molecular complexity index is 714. The van der Waals surface area contributed by atoms with Gasteiger partial charge in [-0.3, -0.25) is 4.79 Å². The lowest BCUT2D eigenvalue weighted by Crippen LogP contribution is -2.25. The topological polar surface area (TPSA) is 58.8 Å². The molecule has 0 aliphatic heterocycles. The van der Waals surface area contributed by atoms with Gasteiger partial charge in [0.25, 0.3) is 0 Å². The summed E-state index contributed by atoms with van der Waals surface area (Å²) in [4.78, 5) is 16.0. The van der Waals surface area contributed by atoms with Crippen LogP contribution in [0.3, 0.4) is 0 Å². The molecule has 0 saturated carbocycles. The lowest BCUT2D eigenvalue weighted by molar-refractivity contribution is -0.154. The Morgan fingerprint density at radius 1 is 0.839 bits per heavy atom. The first-order valence-corrected chi connectivity index (χ1v) is 11.1. The Morgan fingerprint density at radius 2 is 1.29 bits per heavy atom. The second-order valence-corrected chi connectivity index (χ2v) is 8.93. The van der Waals surface area contributed by atoms with Crippen LogP contribution in [0.25, 0.3) is 0 Å². The number of esters is 1. The number of carbonyl (C=O) groups excluding carboxylic acids is 1. The van der Waals surface area contributed by atoms with Crippen LogP contribution in [-0.2, 0) is 22.6 Å². The van der Waals surface area contributed by atoms with Crippen molar-refractivity contribution in [1.82, 2.24) is 9.80 Å². The van der Waals surface area contributed by atoms with Crippen LogP contribution in [-0.4, -0.2) is 55.1 Å². The molecule has 0 amide bonds. The molecule has 2 N–H and O–H groups in total. The fourth-order valence-corrected chi connectivity index (χ4v) is 3.05. The normalized spacial score (nSPS) is 11.2. The Labute approximate surface area is 189 Å². The Kier molecular flexibility index (Phi) is 12.8. The van der Waals surface area contributed by atoms with Gasteiger partial charge in [-0.1, -0.05) is 60.7 Å². The molecule has 0 radical (unpaired) electrons. The van der Waals surface area contributed by atoms with E-state index in [9.17, 15) is 4.79 Å². The van der Waals surface area contributed by atoms with Gasteiger partial charge in [0, 0.05) is 32.6 Å². The summed E-state index contributed by atoms with van der Waals surface area (Å²) in [5.41, 5.74) is 7.69. The van der Waals surface area contributed by atoms with E-state index in [2.05, 4.69) is 60.3 Å². The van der Waals surface area contributed by atoms with Gasteiger partial charge in [-0.05, 0) is 59.0 Å². The molecule has 5 heteroatoms. The monoisotopic (exact) mass is 427 g/mol. The number of nitrogens with zero attached hydrogens (tertiary/aromatic N) is 2. The number of ether oxygens (including phenoxy) is 1. The van der Waals surface area contributed by atoms with Gasteiger partial charge < -0.3 is 20.3 Å². The molecule has 5 nitrogen and oxygen atoms in total. The van der Waals surface area contributed by atoms with Crippen molar-refractivity contribution in [2.24, 2.45) is 5.73 Å². The summed E-state index contributed by atoms with van der Waals surface area (Å²) in [5, 5.41) is 0. The quantitative estimate of drug-likeness (QED) is 0.572. The minimum absolute atomic E-state index is 0.111. The highest BCUT2D eigenvalue weighted by molar-refractivity contribution is 5.69. The zero-order valence-corrected chi connectivity index (χ0v) is 20.0. The fourth-order valence-electron chi connectivity index (χ4n) is 3.05. The van der Waals surface area contributed by atoms with Gasteiger partial charge >= 0.3 is 5.97 Å². The molecular weight excluding hydrogens is 386 g/mol. The van der Waals surface area contributed by atoms with Crippen molar-refractivity contribution in [1.29, 1.82) is 0 Å². The predicted octanol–water partition coefficient (Wildman–Crippen LogP) is 4.32. The Morgan fingerprint density at radius 3 is 1.71 bits per heavy atom. The highest BCUT2D eigenvalue weighted by Crippen LogP contribution is 2.10. The van der Waals surface area contributed by atoms with Gasteiger partial charge in [-0.15, -0.1) is 0 Å².